The fourth-order valence-electron chi connectivity index (χ4n) is 2.72. The van der Waals surface area contributed by atoms with Crippen LogP contribution in [0.5, 0.6) is 0 Å². The summed E-state index contributed by atoms with van der Waals surface area (Å²) in [5, 5.41) is 2.27. The maximum atomic E-state index is 14.2. The Morgan fingerprint density at radius 1 is 1.15 bits per heavy atom. The fourth-order valence-corrected chi connectivity index (χ4v) is 2.72. The van der Waals surface area contributed by atoms with Crippen LogP contribution < -0.4 is 10.7 Å². The number of hydrogen-bond acceptors (Lipinski definition) is 3. The summed E-state index contributed by atoms with van der Waals surface area (Å²) in [7, 11) is 0. The zero-order chi connectivity index (χ0) is 19.6. The van der Waals surface area contributed by atoms with Crippen LogP contribution >= 0.6 is 0 Å². The van der Waals surface area contributed by atoms with Crippen molar-refractivity contribution in [3.63, 3.8) is 0 Å². The summed E-state index contributed by atoms with van der Waals surface area (Å²) in [5.41, 5.74) is -2.56. The molecule has 0 bridgehead atoms. The highest BCUT2D eigenvalue weighted by Crippen LogP contribution is 2.31. The second-order valence-corrected chi connectivity index (χ2v) is 5.65. The van der Waals surface area contributed by atoms with E-state index in [9.17, 15) is 27.2 Å². The number of halogens is 4. The van der Waals surface area contributed by atoms with Gasteiger partial charge in [0.2, 0.25) is 0 Å². The third-order valence-corrected chi connectivity index (χ3v) is 3.89. The topological polar surface area (TPSA) is 64.0 Å². The fraction of sp³-hybridized carbons (Fsp3) is 0.167. The Hall–Kier alpha value is -3.23. The number of hydrogen-bond donors (Lipinski definition) is 1. The zero-order valence-electron chi connectivity index (χ0n) is 13.8. The molecule has 1 aromatic carbocycles. The standard InChI is InChI=1S/C18H13F4N3O2/c19-12-5-3-4-11-14(26)10-15(18(20,21)22)25(16(11)12)9-8-24-17(27)13-6-1-2-7-23-13/h1-7,10H,8-9H2,(H,24,27). The smallest absolute Gasteiger partial charge is 0.349 e. The number of nitrogens with zero attached hydrogens (tertiary/aromatic N) is 2. The summed E-state index contributed by atoms with van der Waals surface area (Å²) < 4.78 is 55.0. The second-order valence-electron chi connectivity index (χ2n) is 5.65. The lowest BCUT2D eigenvalue weighted by atomic mass is 10.1. The Morgan fingerprint density at radius 3 is 2.59 bits per heavy atom. The maximum absolute atomic E-state index is 14.2. The molecule has 2 aromatic heterocycles. The molecule has 0 radical (unpaired) electrons. The highest BCUT2D eigenvalue weighted by atomic mass is 19.4. The molecule has 0 aliphatic heterocycles. The van der Waals surface area contributed by atoms with Crippen LogP contribution in [0, 0.1) is 5.82 Å². The molecule has 2 heterocycles. The quantitative estimate of drug-likeness (QED) is 0.709. The highest BCUT2D eigenvalue weighted by molar-refractivity contribution is 5.92. The molecule has 140 valence electrons. The first kappa shape index (κ1) is 18.6. The Bertz CT molecular complexity index is 1050. The van der Waals surface area contributed by atoms with E-state index >= 15 is 0 Å². The van der Waals surface area contributed by atoms with Crippen molar-refractivity contribution >= 4 is 16.8 Å². The molecule has 0 atom stereocenters. The van der Waals surface area contributed by atoms with E-state index < -0.39 is 34.5 Å². The van der Waals surface area contributed by atoms with Crippen LogP contribution in [0.1, 0.15) is 16.2 Å². The van der Waals surface area contributed by atoms with Crippen molar-refractivity contribution < 1.29 is 22.4 Å². The third-order valence-electron chi connectivity index (χ3n) is 3.89. The molecule has 3 rings (SSSR count). The van der Waals surface area contributed by atoms with Gasteiger partial charge in [0.15, 0.2) is 5.43 Å². The van der Waals surface area contributed by atoms with Crippen LogP contribution in [0.4, 0.5) is 17.6 Å². The van der Waals surface area contributed by atoms with Gasteiger partial charge in [0, 0.05) is 30.7 Å². The minimum Gasteiger partial charge on any atom is -0.349 e. The van der Waals surface area contributed by atoms with Gasteiger partial charge in [0.05, 0.1) is 5.52 Å². The van der Waals surface area contributed by atoms with E-state index in [0.29, 0.717) is 10.6 Å². The highest BCUT2D eigenvalue weighted by Gasteiger charge is 2.35. The van der Waals surface area contributed by atoms with E-state index in [0.717, 1.165) is 6.07 Å². The molecule has 0 unspecified atom stereocenters. The number of amides is 1. The molecule has 27 heavy (non-hydrogen) atoms. The number of para-hydroxylation sites is 1. The molecular weight excluding hydrogens is 366 g/mol. The lowest BCUT2D eigenvalue weighted by molar-refractivity contribution is -0.143. The van der Waals surface area contributed by atoms with Crippen LogP contribution in [0.2, 0.25) is 0 Å². The predicted molar refractivity (Wildman–Crippen MR) is 89.7 cm³/mol. The van der Waals surface area contributed by atoms with Gasteiger partial charge >= 0.3 is 6.18 Å². The van der Waals surface area contributed by atoms with E-state index in [4.69, 9.17) is 0 Å². The van der Waals surface area contributed by atoms with Crippen LogP contribution in [0.25, 0.3) is 10.9 Å². The molecule has 0 fully saturated rings. The Kier molecular flexibility index (Phi) is 4.93. The first-order valence-corrected chi connectivity index (χ1v) is 7.87. The molecule has 0 aliphatic carbocycles. The van der Waals surface area contributed by atoms with Crippen LogP contribution in [0.15, 0.2) is 53.5 Å². The van der Waals surface area contributed by atoms with E-state index in [-0.39, 0.29) is 24.2 Å². The van der Waals surface area contributed by atoms with Gasteiger partial charge in [-0.1, -0.05) is 12.1 Å². The van der Waals surface area contributed by atoms with Gasteiger partial charge in [-0.25, -0.2) is 4.39 Å². The average Bonchev–Trinajstić information content (AvgIpc) is 2.63. The van der Waals surface area contributed by atoms with Crippen molar-refractivity contribution in [1.82, 2.24) is 14.9 Å². The molecule has 5 nitrogen and oxygen atoms in total. The first-order valence-electron chi connectivity index (χ1n) is 7.87. The summed E-state index contributed by atoms with van der Waals surface area (Å²) >= 11 is 0. The van der Waals surface area contributed by atoms with Gasteiger partial charge in [0.25, 0.3) is 5.91 Å². The minimum absolute atomic E-state index is 0.101. The molecule has 0 aliphatic rings. The largest absolute Gasteiger partial charge is 0.431 e. The van der Waals surface area contributed by atoms with Crippen molar-refractivity contribution in [3.05, 3.63) is 76.1 Å². The van der Waals surface area contributed by atoms with Crippen LogP contribution in [-0.4, -0.2) is 22.0 Å². The molecule has 3 aromatic rings. The van der Waals surface area contributed by atoms with E-state index in [1.165, 1.54) is 24.4 Å². The molecule has 0 saturated heterocycles. The summed E-state index contributed by atoms with van der Waals surface area (Å²) in [5.74, 6) is -1.53. The Balaban J connectivity index is 1.96. The summed E-state index contributed by atoms with van der Waals surface area (Å²) in [4.78, 5) is 27.8. The van der Waals surface area contributed by atoms with Gasteiger partial charge < -0.3 is 9.88 Å². The molecule has 0 spiro atoms. The lowest BCUT2D eigenvalue weighted by Crippen LogP contribution is -2.30. The van der Waals surface area contributed by atoms with Crippen molar-refractivity contribution in [3.8, 4) is 0 Å². The normalized spacial score (nSPS) is 11.6. The molecule has 0 saturated carbocycles. The van der Waals surface area contributed by atoms with Crippen LogP contribution in [-0.2, 0) is 12.7 Å². The monoisotopic (exact) mass is 379 g/mol. The second kappa shape index (κ2) is 7.18. The third kappa shape index (κ3) is 3.81. The number of carbonyl (C=O) groups excluding carboxylic acids is 1. The SMILES string of the molecule is O=C(NCCn1c(C(F)(F)F)cc(=O)c2cccc(F)c21)c1ccccn1. The average molecular weight is 379 g/mol. The van der Waals surface area contributed by atoms with Crippen molar-refractivity contribution in [2.45, 2.75) is 12.7 Å². The molecule has 1 N–H and O–H groups in total. The summed E-state index contributed by atoms with van der Waals surface area (Å²) in [6, 6.07) is 8.57. The number of alkyl halides is 3. The number of carbonyl (C=O) groups is 1. The van der Waals surface area contributed by atoms with E-state index in [1.54, 1.807) is 12.1 Å². The Morgan fingerprint density at radius 2 is 1.93 bits per heavy atom. The number of rotatable bonds is 4. The number of pyridine rings is 2. The van der Waals surface area contributed by atoms with Crippen molar-refractivity contribution in [1.29, 1.82) is 0 Å². The van der Waals surface area contributed by atoms with Gasteiger partial charge in [0.1, 0.15) is 17.2 Å². The number of fused-ring (bicyclic) bond motifs is 1. The summed E-state index contributed by atoms with van der Waals surface area (Å²) in [6.07, 6.45) is -3.46. The first-order chi connectivity index (χ1) is 12.8. The van der Waals surface area contributed by atoms with Crippen molar-refractivity contribution in [2.24, 2.45) is 0 Å². The van der Waals surface area contributed by atoms with Gasteiger partial charge in [-0.15, -0.1) is 0 Å². The van der Waals surface area contributed by atoms with E-state index in [1.807, 2.05) is 0 Å². The van der Waals surface area contributed by atoms with E-state index in [2.05, 4.69) is 10.3 Å². The van der Waals surface area contributed by atoms with Gasteiger partial charge in [-0.2, -0.15) is 13.2 Å². The minimum atomic E-state index is -4.86. The van der Waals surface area contributed by atoms with Crippen LogP contribution in [0.3, 0.4) is 0 Å². The Labute approximate surface area is 150 Å². The number of nitrogens with one attached hydrogen (secondary N) is 1. The van der Waals surface area contributed by atoms with Gasteiger partial charge in [-0.05, 0) is 24.3 Å². The lowest BCUT2D eigenvalue weighted by Gasteiger charge is -2.19. The molecule has 1 amide bonds. The predicted octanol–water partition coefficient (Wildman–Crippen LogP) is 2.98. The number of benzene rings is 1. The van der Waals surface area contributed by atoms with Crippen molar-refractivity contribution in [2.75, 3.05) is 6.54 Å². The maximum Gasteiger partial charge on any atom is 0.431 e. The number of aromatic nitrogens is 2. The molecule has 9 heteroatoms. The molecular formula is C18H13F4N3O2. The summed E-state index contributed by atoms with van der Waals surface area (Å²) in [6.45, 7) is -0.601. The zero-order valence-corrected chi connectivity index (χ0v) is 13.8. The van der Waals surface area contributed by atoms with Gasteiger partial charge in [-0.3, -0.25) is 14.6 Å².